The highest BCUT2D eigenvalue weighted by molar-refractivity contribution is 7.89. The lowest BCUT2D eigenvalue weighted by molar-refractivity contribution is -0.122. The van der Waals surface area contributed by atoms with Crippen LogP contribution in [0.4, 0.5) is 5.69 Å². The highest BCUT2D eigenvalue weighted by Gasteiger charge is 2.36. The van der Waals surface area contributed by atoms with Gasteiger partial charge in [0, 0.05) is 30.4 Å². The fraction of sp³-hybridized carbons (Fsp3) is 0.462. The molecule has 0 fully saturated rings. The molecule has 0 aliphatic carbocycles. The molecule has 3 N–H and O–H groups in total. The minimum absolute atomic E-state index is 0.0224. The lowest BCUT2D eigenvalue weighted by atomic mass is 10.1. The highest BCUT2D eigenvalue weighted by atomic mass is 32.2. The van der Waals surface area contributed by atoms with Crippen LogP contribution in [0.25, 0.3) is 0 Å². The van der Waals surface area contributed by atoms with Crippen LogP contribution < -0.4 is 20.5 Å². The van der Waals surface area contributed by atoms with E-state index in [0.717, 1.165) is 9.87 Å². The third kappa shape index (κ3) is 7.75. The van der Waals surface area contributed by atoms with Gasteiger partial charge in [-0.05, 0) is 73.6 Å². The summed E-state index contributed by atoms with van der Waals surface area (Å²) in [5, 5.41) is 5.38. The molecule has 38 heavy (non-hydrogen) atoms. The molecule has 2 amide bonds. The van der Waals surface area contributed by atoms with Gasteiger partial charge in [0.25, 0.3) is 0 Å². The SMILES string of the molecule is CC(C)CN([C@@H](CCCCNC(=O)CCc1ccc2c(c1)OCO2)C(=O)N=O)S(=O)(=O)c1ccc(N)cc1. The number of aryl methyl sites for hydroxylation is 1. The van der Waals surface area contributed by atoms with Crippen molar-refractivity contribution in [2.75, 3.05) is 25.6 Å². The van der Waals surface area contributed by atoms with E-state index in [1.807, 2.05) is 32.0 Å². The van der Waals surface area contributed by atoms with Gasteiger partial charge in [-0.3, -0.25) is 9.59 Å². The number of nitrogens with zero attached hydrogens (tertiary/aromatic N) is 2. The summed E-state index contributed by atoms with van der Waals surface area (Å²) in [5.74, 6) is 0.0777. The smallest absolute Gasteiger partial charge is 0.304 e. The summed E-state index contributed by atoms with van der Waals surface area (Å²) < 4.78 is 38.5. The maximum atomic E-state index is 13.4. The number of fused-ring (bicyclic) bond motifs is 1. The second kappa shape index (κ2) is 13.3. The predicted octanol–water partition coefficient (Wildman–Crippen LogP) is 3.23. The second-order valence-corrected chi connectivity index (χ2v) is 11.4. The topological polar surface area (TPSA) is 157 Å². The van der Waals surface area contributed by atoms with Crippen molar-refractivity contribution in [3.63, 3.8) is 0 Å². The molecule has 12 heteroatoms. The molecule has 0 spiro atoms. The summed E-state index contributed by atoms with van der Waals surface area (Å²) in [6.45, 7) is 4.22. The van der Waals surface area contributed by atoms with Crippen molar-refractivity contribution >= 4 is 27.5 Å². The van der Waals surface area contributed by atoms with Gasteiger partial charge in [0.2, 0.25) is 22.7 Å². The highest BCUT2D eigenvalue weighted by Crippen LogP contribution is 2.32. The third-order valence-corrected chi connectivity index (χ3v) is 7.95. The van der Waals surface area contributed by atoms with Crippen LogP contribution in [0, 0.1) is 10.8 Å². The molecule has 2 aromatic carbocycles. The van der Waals surface area contributed by atoms with Gasteiger partial charge in [-0.25, -0.2) is 8.42 Å². The predicted molar refractivity (Wildman–Crippen MR) is 142 cm³/mol. The third-order valence-electron chi connectivity index (χ3n) is 6.06. The average molecular weight is 547 g/mol. The van der Waals surface area contributed by atoms with Gasteiger partial charge in [0.05, 0.1) is 4.90 Å². The van der Waals surface area contributed by atoms with Crippen molar-refractivity contribution < 1.29 is 27.5 Å². The summed E-state index contributed by atoms with van der Waals surface area (Å²) in [5.41, 5.74) is 7.04. The lowest BCUT2D eigenvalue weighted by Gasteiger charge is -2.29. The lowest BCUT2D eigenvalue weighted by Crippen LogP contribution is -2.46. The molecule has 1 aliphatic heterocycles. The van der Waals surface area contributed by atoms with Crippen LogP contribution in [0.3, 0.4) is 0 Å². The Labute approximate surface area is 222 Å². The first kappa shape index (κ1) is 29.1. The molecule has 1 heterocycles. The quantitative estimate of drug-likeness (QED) is 0.208. The number of hydrogen-bond donors (Lipinski definition) is 2. The number of nitroso groups, excluding NO2 is 1. The molecule has 0 unspecified atom stereocenters. The Kier molecular flexibility index (Phi) is 10.2. The molecule has 0 bridgehead atoms. The Morgan fingerprint density at radius 2 is 1.79 bits per heavy atom. The molecule has 0 saturated heterocycles. The Hall–Kier alpha value is -3.51. The molecular weight excluding hydrogens is 512 g/mol. The number of rotatable bonds is 14. The van der Waals surface area contributed by atoms with Gasteiger partial charge in [-0.2, -0.15) is 4.31 Å². The van der Waals surface area contributed by atoms with E-state index in [1.54, 1.807) is 0 Å². The van der Waals surface area contributed by atoms with E-state index in [2.05, 4.69) is 10.5 Å². The zero-order chi connectivity index (χ0) is 27.7. The molecule has 1 atom stereocenters. The largest absolute Gasteiger partial charge is 0.454 e. The van der Waals surface area contributed by atoms with Crippen LogP contribution in [-0.4, -0.2) is 50.5 Å². The van der Waals surface area contributed by atoms with E-state index < -0.39 is 22.0 Å². The number of nitrogens with one attached hydrogen (secondary N) is 1. The van der Waals surface area contributed by atoms with E-state index in [4.69, 9.17) is 15.2 Å². The van der Waals surface area contributed by atoms with E-state index in [9.17, 15) is 22.9 Å². The number of unbranched alkanes of at least 4 members (excludes halogenated alkanes) is 1. The van der Waals surface area contributed by atoms with E-state index in [1.165, 1.54) is 24.3 Å². The van der Waals surface area contributed by atoms with Crippen LogP contribution in [0.15, 0.2) is 52.5 Å². The van der Waals surface area contributed by atoms with E-state index >= 15 is 0 Å². The second-order valence-electron chi connectivity index (χ2n) is 9.52. The normalized spacial score (nSPS) is 13.5. The van der Waals surface area contributed by atoms with Crippen molar-refractivity contribution in [3.05, 3.63) is 52.9 Å². The van der Waals surface area contributed by atoms with Crippen molar-refractivity contribution in [1.29, 1.82) is 0 Å². The van der Waals surface area contributed by atoms with Crippen molar-refractivity contribution in [2.24, 2.45) is 11.1 Å². The van der Waals surface area contributed by atoms with Gasteiger partial charge < -0.3 is 20.5 Å². The average Bonchev–Trinajstić information content (AvgIpc) is 3.36. The summed E-state index contributed by atoms with van der Waals surface area (Å²) in [4.78, 5) is 35.8. The van der Waals surface area contributed by atoms with Crippen LogP contribution in [0.5, 0.6) is 11.5 Å². The fourth-order valence-electron chi connectivity index (χ4n) is 4.11. The zero-order valence-corrected chi connectivity index (χ0v) is 22.4. The van der Waals surface area contributed by atoms with Crippen LogP contribution >= 0.6 is 0 Å². The summed E-state index contributed by atoms with van der Waals surface area (Å²) in [7, 11) is -4.09. The number of hydrogen-bond acceptors (Lipinski definition) is 8. The first-order valence-corrected chi connectivity index (χ1v) is 14.0. The maximum absolute atomic E-state index is 13.4. The number of nitrogens with two attached hydrogens (primary N) is 1. The fourth-order valence-corrected chi connectivity index (χ4v) is 5.89. The molecule has 0 saturated carbocycles. The number of carbonyl (C=O) groups excluding carboxylic acids is 2. The Balaban J connectivity index is 1.54. The van der Waals surface area contributed by atoms with Crippen molar-refractivity contribution in [1.82, 2.24) is 9.62 Å². The number of nitrogen functional groups attached to an aromatic ring is 1. The molecule has 1 aliphatic rings. The number of sulfonamides is 1. The van der Waals surface area contributed by atoms with Crippen LogP contribution in [-0.2, 0) is 26.0 Å². The summed E-state index contributed by atoms with van der Waals surface area (Å²) in [6.07, 6.45) is 1.82. The molecule has 2 aromatic rings. The molecule has 3 rings (SSSR count). The number of anilines is 1. The van der Waals surface area contributed by atoms with Gasteiger partial charge in [0.15, 0.2) is 11.5 Å². The van der Waals surface area contributed by atoms with Gasteiger partial charge in [-0.15, -0.1) is 4.91 Å². The van der Waals surface area contributed by atoms with E-state index in [-0.39, 0.29) is 42.9 Å². The monoisotopic (exact) mass is 546 g/mol. The first-order valence-electron chi connectivity index (χ1n) is 12.5. The Morgan fingerprint density at radius 3 is 2.47 bits per heavy atom. The van der Waals surface area contributed by atoms with Crippen LogP contribution in [0.1, 0.15) is 45.1 Å². The van der Waals surface area contributed by atoms with Crippen molar-refractivity contribution in [3.8, 4) is 11.5 Å². The standard InChI is InChI=1S/C26H34N4O7S/c1-18(2)16-30(38(34,35)21-10-8-20(27)9-11-21)22(26(32)29-33)5-3-4-14-28-25(31)13-7-19-6-12-23-24(15-19)37-17-36-23/h6,8-12,15,18,22H,3-5,7,13-14,16-17,27H2,1-2H3,(H,28,31)/t22-/m0/s1. The maximum Gasteiger partial charge on any atom is 0.304 e. The number of ether oxygens (including phenoxy) is 2. The Bertz CT molecular complexity index is 1230. The summed E-state index contributed by atoms with van der Waals surface area (Å²) in [6, 6.07) is 9.99. The van der Waals surface area contributed by atoms with Gasteiger partial charge in [0.1, 0.15) is 6.04 Å². The molecule has 0 aromatic heterocycles. The summed E-state index contributed by atoms with van der Waals surface area (Å²) >= 11 is 0. The number of carbonyl (C=O) groups is 2. The van der Waals surface area contributed by atoms with Crippen molar-refractivity contribution in [2.45, 2.75) is 56.9 Å². The van der Waals surface area contributed by atoms with Gasteiger partial charge in [-0.1, -0.05) is 19.9 Å². The molecular formula is C26H34N4O7S. The number of amides is 2. The zero-order valence-electron chi connectivity index (χ0n) is 21.6. The minimum atomic E-state index is -4.09. The van der Waals surface area contributed by atoms with Gasteiger partial charge >= 0.3 is 5.91 Å². The Morgan fingerprint density at radius 1 is 1.08 bits per heavy atom. The first-order chi connectivity index (χ1) is 18.1. The van der Waals surface area contributed by atoms with E-state index in [0.29, 0.717) is 43.0 Å². The minimum Gasteiger partial charge on any atom is -0.454 e. The molecule has 206 valence electrons. The molecule has 0 radical (unpaired) electrons. The molecule has 11 nitrogen and oxygen atoms in total. The number of benzene rings is 2. The van der Waals surface area contributed by atoms with Crippen LogP contribution in [0.2, 0.25) is 0 Å².